The Morgan fingerprint density at radius 2 is 1.67 bits per heavy atom. The lowest BCUT2D eigenvalue weighted by Gasteiger charge is -2.09. The summed E-state index contributed by atoms with van der Waals surface area (Å²) < 4.78 is 0. The molecule has 0 aliphatic heterocycles. The van der Waals surface area contributed by atoms with E-state index >= 15 is 0 Å². The summed E-state index contributed by atoms with van der Waals surface area (Å²) >= 11 is 0. The Hall–Kier alpha value is -0.820. The van der Waals surface area contributed by atoms with Gasteiger partial charge in [0.15, 0.2) is 0 Å². The first kappa shape index (κ1) is 12.3. The standard InChI is InChI=1S/C14H23N.H2/c1-11(2)14-7-5-13(6-8-14)9-10-15-12(3)4;/h5-8,11-12,15H,9-10H2,1-4H3;1H. The van der Waals surface area contributed by atoms with Gasteiger partial charge in [-0.15, -0.1) is 0 Å². The molecule has 0 aromatic heterocycles. The zero-order valence-corrected chi connectivity index (χ0v) is 10.4. The first-order valence-electron chi connectivity index (χ1n) is 5.92. The summed E-state index contributed by atoms with van der Waals surface area (Å²) in [5, 5.41) is 3.43. The van der Waals surface area contributed by atoms with E-state index in [1.807, 2.05) is 0 Å². The van der Waals surface area contributed by atoms with Crippen molar-refractivity contribution in [1.82, 2.24) is 5.32 Å². The van der Waals surface area contributed by atoms with Crippen LogP contribution in [-0.4, -0.2) is 12.6 Å². The van der Waals surface area contributed by atoms with Crippen LogP contribution in [-0.2, 0) is 6.42 Å². The maximum absolute atomic E-state index is 3.43. The second-order valence-corrected chi connectivity index (χ2v) is 4.76. The lowest BCUT2D eigenvalue weighted by molar-refractivity contribution is 0.590. The molecule has 1 aromatic carbocycles. The van der Waals surface area contributed by atoms with Crippen LogP contribution in [0.3, 0.4) is 0 Å². The second kappa shape index (κ2) is 5.92. The minimum absolute atomic E-state index is 0. The molecule has 0 amide bonds. The molecule has 0 unspecified atom stereocenters. The molecule has 1 heteroatoms. The highest BCUT2D eigenvalue weighted by molar-refractivity contribution is 5.24. The van der Waals surface area contributed by atoms with Crippen LogP contribution in [0.5, 0.6) is 0 Å². The van der Waals surface area contributed by atoms with E-state index in [2.05, 4.69) is 57.3 Å². The third-order valence-corrected chi connectivity index (χ3v) is 2.61. The molecular formula is C14H25N. The average molecular weight is 207 g/mol. The molecule has 0 saturated carbocycles. The summed E-state index contributed by atoms with van der Waals surface area (Å²) in [5.41, 5.74) is 2.85. The molecule has 0 aliphatic carbocycles. The zero-order chi connectivity index (χ0) is 11.3. The van der Waals surface area contributed by atoms with Gasteiger partial charge in [-0.2, -0.15) is 0 Å². The van der Waals surface area contributed by atoms with E-state index in [1.54, 1.807) is 0 Å². The smallest absolute Gasteiger partial charge is 0.00105 e. The molecule has 0 heterocycles. The summed E-state index contributed by atoms with van der Waals surface area (Å²) in [6, 6.07) is 9.57. The van der Waals surface area contributed by atoms with Gasteiger partial charge in [0.2, 0.25) is 0 Å². The third-order valence-electron chi connectivity index (χ3n) is 2.61. The molecular weight excluding hydrogens is 182 g/mol. The zero-order valence-electron chi connectivity index (χ0n) is 10.4. The fourth-order valence-electron chi connectivity index (χ4n) is 1.57. The van der Waals surface area contributed by atoms with Crippen molar-refractivity contribution in [2.45, 2.75) is 46.1 Å². The van der Waals surface area contributed by atoms with Gasteiger partial charge in [-0.05, 0) is 30.0 Å². The Balaban J connectivity index is 0.00000225. The third kappa shape index (κ3) is 4.48. The van der Waals surface area contributed by atoms with E-state index in [9.17, 15) is 0 Å². The molecule has 0 spiro atoms. The van der Waals surface area contributed by atoms with E-state index in [0.717, 1.165) is 13.0 Å². The van der Waals surface area contributed by atoms with Gasteiger partial charge in [0.25, 0.3) is 0 Å². The molecule has 15 heavy (non-hydrogen) atoms. The highest BCUT2D eigenvalue weighted by Gasteiger charge is 1.99. The molecule has 1 N–H and O–H groups in total. The molecule has 1 aromatic rings. The van der Waals surface area contributed by atoms with Crippen molar-refractivity contribution in [1.29, 1.82) is 0 Å². The Morgan fingerprint density at radius 1 is 1.07 bits per heavy atom. The molecule has 0 aliphatic rings. The highest BCUT2D eigenvalue weighted by atomic mass is 14.9. The highest BCUT2D eigenvalue weighted by Crippen LogP contribution is 2.14. The topological polar surface area (TPSA) is 12.0 Å². The second-order valence-electron chi connectivity index (χ2n) is 4.76. The predicted molar refractivity (Wildman–Crippen MR) is 69.5 cm³/mol. The molecule has 0 radical (unpaired) electrons. The molecule has 0 saturated heterocycles. The van der Waals surface area contributed by atoms with Crippen molar-refractivity contribution >= 4 is 0 Å². The fraction of sp³-hybridized carbons (Fsp3) is 0.571. The van der Waals surface area contributed by atoms with Gasteiger partial charge < -0.3 is 5.32 Å². The minimum Gasteiger partial charge on any atom is -0.314 e. The van der Waals surface area contributed by atoms with E-state index in [4.69, 9.17) is 0 Å². The number of hydrogen-bond donors (Lipinski definition) is 1. The van der Waals surface area contributed by atoms with Crippen LogP contribution in [0.1, 0.15) is 46.2 Å². The van der Waals surface area contributed by atoms with Gasteiger partial charge in [-0.3, -0.25) is 0 Å². The van der Waals surface area contributed by atoms with Crippen LogP contribution in [0.15, 0.2) is 24.3 Å². The average Bonchev–Trinajstić information content (AvgIpc) is 2.18. The minimum atomic E-state index is 0. The number of rotatable bonds is 5. The van der Waals surface area contributed by atoms with E-state index in [0.29, 0.717) is 12.0 Å². The van der Waals surface area contributed by atoms with Crippen LogP contribution in [0.25, 0.3) is 0 Å². The molecule has 0 atom stereocenters. The summed E-state index contributed by atoms with van der Waals surface area (Å²) in [6.45, 7) is 9.90. The van der Waals surface area contributed by atoms with Crippen LogP contribution < -0.4 is 5.32 Å². The quantitative estimate of drug-likeness (QED) is 0.778. The normalized spacial score (nSPS) is 11.3. The largest absolute Gasteiger partial charge is 0.314 e. The van der Waals surface area contributed by atoms with Crippen molar-refractivity contribution in [3.05, 3.63) is 35.4 Å². The van der Waals surface area contributed by atoms with Crippen molar-refractivity contribution in [3.8, 4) is 0 Å². The van der Waals surface area contributed by atoms with Crippen molar-refractivity contribution in [3.63, 3.8) is 0 Å². The Morgan fingerprint density at radius 3 is 2.13 bits per heavy atom. The van der Waals surface area contributed by atoms with E-state index < -0.39 is 0 Å². The molecule has 0 bridgehead atoms. The predicted octanol–water partition coefficient (Wildman–Crippen LogP) is 3.60. The summed E-state index contributed by atoms with van der Waals surface area (Å²) in [4.78, 5) is 0. The van der Waals surface area contributed by atoms with Gasteiger partial charge in [0, 0.05) is 7.47 Å². The number of nitrogens with one attached hydrogen (secondary N) is 1. The van der Waals surface area contributed by atoms with E-state index in [-0.39, 0.29) is 1.43 Å². The SMILES string of the molecule is CC(C)NCCc1ccc(C(C)C)cc1.[HH]. The van der Waals surface area contributed by atoms with Crippen LogP contribution >= 0.6 is 0 Å². The monoisotopic (exact) mass is 207 g/mol. The summed E-state index contributed by atoms with van der Waals surface area (Å²) in [5.74, 6) is 0.632. The number of hydrogen-bond acceptors (Lipinski definition) is 1. The van der Waals surface area contributed by atoms with Crippen molar-refractivity contribution in [2.24, 2.45) is 0 Å². The van der Waals surface area contributed by atoms with E-state index in [1.165, 1.54) is 11.1 Å². The maximum Gasteiger partial charge on any atom is 0.00105 e. The van der Waals surface area contributed by atoms with Gasteiger partial charge in [-0.1, -0.05) is 52.0 Å². The Bertz CT molecular complexity index is 277. The Labute approximate surface area is 95.4 Å². The molecule has 1 nitrogen and oxygen atoms in total. The molecule has 86 valence electrons. The summed E-state index contributed by atoms with van der Waals surface area (Å²) in [7, 11) is 0. The number of benzene rings is 1. The van der Waals surface area contributed by atoms with Gasteiger partial charge in [0.05, 0.1) is 0 Å². The first-order chi connectivity index (χ1) is 7.09. The van der Waals surface area contributed by atoms with Crippen molar-refractivity contribution in [2.75, 3.05) is 6.54 Å². The van der Waals surface area contributed by atoms with Crippen LogP contribution in [0.2, 0.25) is 0 Å². The van der Waals surface area contributed by atoms with Gasteiger partial charge in [-0.25, -0.2) is 0 Å². The van der Waals surface area contributed by atoms with Gasteiger partial charge in [0.1, 0.15) is 0 Å². The molecule has 0 fully saturated rings. The van der Waals surface area contributed by atoms with Crippen LogP contribution in [0, 0.1) is 0 Å². The Kier molecular flexibility index (Phi) is 4.83. The van der Waals surface area contributed by atoms with Crippen LogP contribution in [0.4, 0.5) is 0 Å². The first-order valence-corrected chi connectivity index (χ1v) is 5.92. The fourth-order valence-corrected chi connectivity index (χ4v) is 1.57. The maximum atomic E-state index is 3.43. The van der Waals surface area contributed by atoms with Gasteiger partial charge >= 0.3 is 0 Å². The molecule has 1 rings (SSSR count). The summed E-state index contributed by atoms with van der Waals surface area (Å²) in [6.07, 6.45) is 1.12. The lowest BCUT2D eigenvalue weighted by Crippen LogP contribution is -2.24. The van der Waals surface area contributed by atoms with Crippen molar-refractivity contribution < 1.29 is 1.43 Å². The lowest BCUT2D eigenvalue weighted by atomic mass is 10.0.